The van der Waals surface area contributed by atoms with Crippen LogP contribution in [0, 0.1) is 0 Å². The predicted octanol–water partition coefficient (Wildman–Crippen LogP) is 13.4. The zero-order chi connectivity index (χ0) is 34.7. The van der Waals surface area contributed by atoms with Crippen molar-refractivity contribution in [2.24, 2.45) is 0 Å². The molecule has 248 valence electrons. The lowest BCUT2D eigenvalue weighted by molar-refractivity contribution is 0.436. The molecular weight excluding hydrogens is 651 g/mol. The average molecular weight is 680 g/mol. The Bertz CT molecular complexity index is 3080. The number of rotatable bonds is 3. The van der Waals surface area contributed by atoms with E-state index >= 15 is 0 Å². The molecule has 10 aromatic rings. The summed E-state index contributed by atoms with van der Waals surface area (Å²) in [5.74, 6) is 1.72. The van der Waals surface area contributed by atoms with Gasteiger partial charge in [-0.1, -0.05) is 109 Å². The Labute approximate surface area is 304 Å². The van der Waals surface area contributed by atoms with Crippen molar-refractivity contribution >= 4 is 60.9 Å². The van der Waals surface area contributed by atoms with Crippen LogP contribution in [0.1, 0.15) is 22.3 Å². The van der Waals surface area contributed by atoms with Gasteiger partial charge in [0, 0.05) is 44.7 Å². The maximum atomic E-state index is 6.80. The van der Waals surface area contributed by atoms with Crippen LogP contribution in [0.15, 0.2) is 185 Å². The molecule has 8 aromatic carbocycles. The van der Waals surface area contributed by atoms with Crippen molar-refractivity contribution < 1.29 is 13.6 Å². The summed E-state index contributed by atoms with van der Waals surface area (Å²) < 4.78 is 19.7. The molecule has 0 radical (unpaired) electrons. The Kier molecular flexibility index (Phi) is 5.67. The van der Waals surface area contributed by atoms with E-state index < -0.39 is 5.41 Å². The van der Waals surface area contributed by atoms with Crippen LogP contribution in [-0.4, -0.2) is 0 Å². The number of benzene rings is 8. The van der Waals surface area contributed by atoms with Crippen molar-refractivity contribution in [3.05, 3.63) is 198 Å². The molecule has 0 amide bonds. The normalized spacial score (nSPS) is 13.6. The highest BCUT2D eigenvalue weighted by molar-refractivity contribution is 6.14. The lowest BCUT2D eigenvalue weighted by Gasteiger charge is -2.40. The smallest absolute Gasteiger partial charge is 0.137 e. The summed E-state index contributed by atoms with van der Waals surface area (Å²) in [6, 6.07) is 62.2. The van der Waals surface area contributed by atoms with Crippen LogP contribution in [0.4, 0.5) is 17.1 Å². The Balaban J connectivity index is 1.17. The highest BCUT2D eigenvalue weighted by atomic mass is 16.5. The van der Waals surface area contributed by atoms with Gasteiger partial charge in [0.1, 0.15) is 33.8 Å². The summed E-state index contributed by atoms with van der Waals surface area (Å²) >= 11 is 0. The lowest BCUT2D eigenvalue weighted by Crippen LogP contribution is -2.32. The number of anilines is 3. The Morgan fingerprint density at radius 1 is 0.377 bits per heavy atom. The van der Waals surface area contributed by atoms with E-state index in [1.807, 2.05) is 24.3 Å². The summed E-state index contributed by atoms with van der Waals surface area (Å²) in [5.41, 5.74) is 13.1. The van der Waals surface area contributed by atoms with Gasteiger partial charge in [-0.15, -0.1) is 0 Å². The highest BCUT2D eigenvalue weighted by Crippen LogP contribution is 2.62. The fraction of sp³-hybridized carbons (Fsp3) is 0.0204. The number of hydrogen-bond donors (Lipinski definition) is 0. The van der Waals surface area contributed by atoms with Crippen molar-refractivity contribution in [2.75, 3.05) is 4.90 Å². The predicted molar refractivity (Wildman–Crippen MR) is 213 cm³/mol. The van der Waals surface area contributed by atoms with Crippen molar-refractivity contribution in [1.82, 2.24) is 0 Å². The summed E-state index contributed by atoms with van der Waals surface area (Å²) in [7, 11) is 0. The fourth-order valence-electron chi connectivity index (χ4n) is 9.21. The van der Waals surface area contributed by atoms with Crippen LogP contribution in [0.5, 0.6) is 11.5 Å². The topological polar surface area (TPSA) is 38.8 Å². The first-order valence-electron chi connectivity index (χ1n) is 18.0. The molecule has 0 saturated carbocycles. The molecule has 1 spiro atoms. The van der Waals surface area contributed by atoms with E-state index in [4.69, 9.17) is 13.6 Å². The molecule has 0 N–H and O–H groups in total. The molecule has 53 heavy (non-hydrogen) atoms. The summed E-state index contributed by atoms with van der Waals surface area (Å²) in [4.78, 5) is 2.35. The molecule has 1 aliphatic heterocycles. The molecule has 0 fully saturated rings. The van der Waals surface area contributed by atoms with Gasteiger partial charge in [-0.3, -0.25) is 0 Å². The Morgan fingerprint density at radius 3 is 1.75 bits per heavy atom. The van der Waals surface area contributed by atoms with Gasteiger partial charge in [0.25, 0.3) is 0 Å². The molecule has 2 aliphatic rings. The number of hydrogen-bond acceptors (Lipinski definition) is 4. The fourth-order valence-corrected chi connectivity index (χ4v) is 9.21. The SMILES string of the molecule is c1ccc2c(c1)Oc1ccc(N(c3ccc4c(c3)oc3ccccc34)c3cccc4oc5ccccc5c34)cc1C21c2ccccc2-c2ccccc21. The van der Waals surface area contributed by atoms with Gasteiger partial charge in [0.2, 0.25) is 0 Å². The summed E-state index contributed by atoms with van der Waals surface area (Å²) in [5, 5.41) is 4.31. The van der Waals surface area contributed by atoms with Crippen molar-refractivity contribution in [2.45, 2.75) is 5.41 Å². The van der Waals surface area contributed by atoms with Crippen LogP contribution in [0.3, 0.4) is 0 Å². The van der Waals surface area contributed by atoms with E-state index in [-0.39, 0.29) is 0 Å². The van der Waals surface area contributed by atoms with Crippen molar-refractivity contribution in [1.29, 1.82) is 0 Å². The third-order valence-electron chi connectivity index (χ3n) is 11.3. The minimum absolute atomic E-state index is 0.587. The van der Waals surface area contributed by atoms with E-state index in [9.17, 15) is 0 Å². The maximum Gasteiger partial charge on any atom is 0.137 e. The zero-order valence-electron chi connectivity index (χ0n) is 28.4. The number of furan rings is 2. The largest absolute Gasteiger partial charge is 0.457 e. The molecule has 2 aromatic heterocycles. The monoisotopic (exact) mass is 679 g/mol. The van der Waals surface area contributed by atoms with E-state index in [2.05, 4.69) is 157 Å². The molecular formula is C49H29NO3. The zero-order valence-corrected chi connectivity index (χ0v) is 28.4. The van der Waals surface area contributed by atoms with Gasteiger partial charge < -0.3 is 18.5 Å². The molecule has 4 heteroatoms. The number of para-hydroxylation sites is 3. The third kappa shape index (κ3) is 3.79. The molecule has 0 bridgehead atoms. The molecule has 12 rings (SSSR count). The van der Waals surface area contributed by atoms with E-state index in [1.165, 1.54) is 22.3 Å². The second-order valence-corrected chi connectivity index (χ2v) is 14.0. The Morgan fingerprint density at radius 2 is 0.943 bits per heavy atom. The first kappa shape index (κ1) is 28.6. The molecule has 4 nitrogen and oxygen atoms in total. The number of ether oxygens (including phenoxy) is 1. The first-order chi connectivity index (χ1) is 26.3. The minimum atomic E-state index is -0.587. The Hall–Kier alpha value is -7.04. The van der Waals surface area contributed by atoms with Crippen LogP contribution in [0.2, 0.25) is 0 Å². The van der Waals surface area contributed by atoms with Crippen LogP contribution in [-0.2, 0) is 5.41 Å². The number of nitrogens with zero attached hydrogens (tertiary/aromatic N) is 1. The van der Waals surface area contributed by atoms with Crippen LogP contribution >= 0.6 is 0 Å². The maximum absolute atomic E-state index is 6.80. The third-order valence-corrected chi connectivity index (χ3v) is 11.3. The van der Waals surface area contributed by atoms with Gasteiger partial charge >= 0.3 is 0 Å². The molecule has 0 atom stereocenters. The molecule has 3 heterocycles. The van der Waals surface area contributed by atoms with E-state index in [0.29, 0.717) is 0 Å². The second-order valence-electron chi connectivity index (χ2n) is 14.0. The van der Waals surface area contributed by atoms with Gasteiger partial charge in [-0.05, 0) is 82.9 Å². The standard InChI is InChI=1S/C49H29NO3/c1-5-16-37-32(12-1)33-13-2-6-17-38(33)49(37)39-18-7-10-22-44(39)53-45-27-25-30(28-40(45)49)50(31-24-26-35-34-14-3-8-20-42(34)52-47(35)29-31)41-19-11-23-46-48(41)36-15-4-9-21-43(36)51-46/h1-29H. The van der Waals surface area contributed by atoms with Crippen molar-refractivity contribution in [3.63, 3.8) is 0 Å². The van der Waals surface area contributed by atoms with Gasteiger partial charge in [0.05, 0.1) is 16.5 Å². The number of fused-ring (bicyclic) bond motifs is 15. The van der Waals surface area contributed by atoms with E-state index in [1.54, 1.807) is 0 Å². The quantitative estimate of drug-likeness (QED) is 0.186. The second kappa shape index (κ2) is 10.5. The average Bonchev–Trinajstić information content (AvgIpc) is 3.87. The van der Waals surface area contributed by atoms with Crippen LogP contribution in [0.25, 0.3) is 55.0 Å². The molecule has 0 unspecified atom stereocenters. The first-order valence-corrected chi connectivity index (χ1v) is 18.0. The van der Waals surface area contributed by atoms with Gasteiger partial charge in [0.15, 0.2) is 0 Å². The van der Waals surface area contributed by atoms with E-state index in [0.717, 1.165) is 83.6 Å². The summed E-state index contributed by atoms with van der Waals surface area (Å²) in [6.07, 6.45) is 0. The summed E-state index contributed by atoms with van der Waals surface area (Å²) in [6.45, 7) is 0. The minimum Gasteiger partial charge on any atom is -0.457 e. The van der Waals surface area contributed by atoms with Gasteiger partial charge in [-0.2, -0.15) is 0 Å². The lowest BCUT2D eigenvalue weighted by atomic mass is 9.66. The molecule has 1 aliphatic carbocycles. The highest BCUT2D eigenvalue weighted by Gasteiger charge is 2.51. The van der Waals surface area contributed by atoms with Crippen LogP contribution < -0.4 is 9.64 Å². The van der Waals surface area contributed by atoms with Gasteiger partial charge in [-0.25, -0.2) is 0 Å². The van der Waals surface area contributed by atoms with Crippen molar-refractivity contribution in [3.8, 4) is 22.6 Å². The molecule has 0 saturated heterocycles.